The molecule has 1 aliphatic carbocycles. The SMILES string of the molecule is O=C(NCC1(C(=O)CCl)CCCC1)C(F)(F)F. The summed E-state index contributed by atoms with van der Waals surface area (Å²) in [5.41, 5.74) is -0.900. The molecule has 1 fully saturated rings. The van der Waals surface area contributed by atoms with Gasteiger partial charge in [-0.2, -0.15) is 13.2 Å². The van der Waals surface area contributed by atoms with Crippen LogP contribution >= 0.6 is 11.6 Å². The van der Waals surface area contributed by atoms with Crippen molar-refractivity contribution in [3.8, 4) is 0 Å². The second-order valence-corrected chi connectivity index (χ2v) is 4.49. The van der Waals surface area contributed by atoms with E-state index in [9.17, 15) is 22.8 Å². The van der Waals surface area contributed by atoms with Crippen molar-refractivity contribution in [3.05, 3.63) is 0 Å². The molecule has 0 saturated heterocycles. The third kappa shape index (κ3) is 3.34. The van der Waals surface area contributed by atoms with Crippen LogP contribution in [0.3, 0.4) is 0 Å². The smallest absolute Gasteiger partial charge is 0.347 e. The Morgan fingerprint density at radius 1 is 1.24 bits per heavy atom. The van der Waals surface area contributed by atoms with Gasteiger partial charge in [0.1, 0.15) is 0 Å². The van der Waals surface area contributed by atoms with Gasteiger partial charge in [-0.25, -0.2) is 0 Å². The minimum Gasteiger partial charge on any atom is -0.347 e. The van der Waals surface area contributed by atoms with Gasteiger partial charge in [0.05, 0.1) is 5.88 Å². The van der Waals surface area contributed by atoms with E-state index in [0.717, 1.165) is 12.8 Å². The molecule has 0 radical (unpaired) electrons. The molecule has 1 N–H and O–H groups in total. The van der Waals surface area contributed by atoms with E-state index < -0.39 is 17.5 Å². The zero-order valence-electron chi connectivity index (χ0n) is 9.07. The van der Waals surface area contributed by atoms with Gasteiger partial charge in [0.25, 0.3) is 0 Å². The number of nitrogens with one attached hydrogen (secondary N) is 1. The van der Waals surface area contributed by atoms with Crippen molar-refractivity contribution in [1.82, 2.24) is 5.32 Å². The minimum atomic E-state index is -4.91. The summed E-state index contributed by atoms with van der Waals surface area (Å²) < 4.78 is 36.0. The summed E-state index contributed by atoms with van der Waals surface area (Å²) in [7, 11) is 0. The van der Waals surface area contributed by atoms with Crippen LogP contribution in [-0.2, 0) is 9.59 Å². The van der Waals surface area contributed by atoms with Crippen molar-refractivity contribution in [3.63, 3.8) is 0 Å². The molecule has 0 spiro atoms. The highest BCUT2D eigenvalue weighted by atomic mass is 35.5. The molecule has 0 bridgehead atoms. The lowest BCUT2D eigenvalue weighted by Gasteiger charge is -2.26. The standard InChI is InChI=1S/C10H13ClF3NO2/c11-5-7(16)9(3-1-2-4-9)6-15-8(17)10(12,13)14/h1-6H2,(H,15,17). The van der Waals surface area contributed by atoms with Gasteiger partial charge < -0.3 is 5.32 Å². The molecule has 7 heteroatoms. The van der Waals surface area contributed by atoms with Gasteiger partial charge in [0.2, 0.25) is 0 Å². The molecule has 1 aliphatic rings. The lowest BCUT2D eigenvalue weighted by Crippen LogP contribution is -2.46. The van der Waals surface area contributed by atoms with Crippen LogP contribution < -0.4 is 5.32 Å². The monoisotopic (exact) mass is 271 g/mol. The van der Waals surface area contributed by atoms with Crippen molar-refractivity contribution < 1.29 is 22.8 Å². The summed E-state index contributed by atoms with van der Waals surface area (Å²) in [4.78, 5) is 22.3. The zero-order valence-corrected chi connectivity index (χ0v) is 9.83. The van der Waals surface area contributed by atoms with Gasteiger partial charge in [-0.15, -0.1) is 11.6 Å². The van der Waals surface area contributed by atoms with Crippen molar-refractivity contribution >= 4 is 23.3 Å². The van der Waals surface area contributed by atoms with Crippen molar-refractivity contribution in [2.45, 2.75) is 31.9 Å². The van der Waals surface area contributed by atoms with Crippen molar-refractivity contribution in [1.29, 1.82) is 0 Å². The first-order valence-corrected chi connectivity index (χ1v) is 5.79. The molecule has 1 saturated carbocycles. The molecule has 1 amide bonds. The molecule has 0 aromatic rings. The summed E-state index contributed by atoms with van der Waals surface area (Å²) in [5.74, 6) is -2.53. The van der Waals surface area contributed by atoms with Gasteiger partial charge in [0, 0.05) is 12.0 Å². The van der Waals surface area contributed by atoms with Gasteiger partial charge in [-0.1, -0.05) is 12.8 Å². The van der Waals surface area contributed by atoms with E-state index in [4.69, 9.17) is 11.6 Å². The lowest BCUT2D eigenvalue weighted by molar-refractivity contribution is -0.174. The summed E-state index contributed by atoms with van der Waals surface area (Å²) >= 11 is 5.44. The van der Waals surface area contributed by atoms with Crippen LogP contribution in [0.1, 0.15) is 25.7 Å². The number of ketones is 1. The van der Waals surface area contributed by atoms with Crippen LogP contribution in [0.15, 0.2) is 0 Å². The number of halogens is 4. The maximum absolute atomic E-state index is 12.0. The first-order chi connectivity index (χ1) is 7.82. The average Bonchev–Trinajstić information content (AvgIpc) is 2.73. The normalized spacial score (nSPS) is 19.1. The number of Topliss-reactive ketones (excluding diaryl/α,β-unsaturated/α-hetero) is 1. The molecule has 0 atom stereocenters. The molecule has 0 aromatic heterocycles. The van der Waals surface area contributed by atoms with E-state index in [1.165, 1.54) is 0 Å². The van der Waals surface area contributed by atoms with E-state index in [0.29, 0.717) is 12.8 Å². The molecule has 0 aliphatic heterocycles. The Bertz CT molecular complexity index is 311. The average molecular weight is 272 g/mol. The zero-order chi connectivity index (χ0) is 13.1. The highest BCUT2D eigenvalue weighted by Crippen LogP contribution is 2.38. The Morgan fingerprint density at radius 3 is 2.18 bits per heavy atom. The number of alkyl halides is 4. The van der Waals surface area contributed by atoms with Gasteiger partial charge in [-0.3, -0.25) is 9.59 Å². The molecule has 0 unspecified atom stereocenters. The maximum atomic E-state index is 12.0. The Kier molecular flexibility index (Phi) is 4.41. The maximum Gasteiger partial charge on any atom is 0.471 e. The summed E-state index contributed by atoms with van der Waals surface area (Å²) in [5, 5.41) is 1.78. The highest BCUT2D eigenvalue weighted by Gasteiger charge is 2.44. The fourth-order valence-corrected chi connectivity index (χ4v) is 2.38. The molecule has 0 heterocycles. The summed E-state index contributed by atoms with van der Waals surface area (Å²) in [6, 6.07) is 0. The third-order valence-electron chi connectivity index (χ3n) is 3.12. The van der Waals surface area contributed by atoms with Crippen molar-refractivity contribution in [2.24, 2.45) is 5.41 Å². The lowest BCUT2D eigenvalue weighted by atomic mass is 9.82. The molecule has 17 heavy (non-hydrogen) atoms. The predicted molar refractivity (Wildman–Crippen MR) is 55.7 cm³/mol. The molecule has 3 nitrogen and oxygen atoms in total. The Morgan fingerprint density at radius 2 is 1.76 bits per heavy atom. The fraction of sp³-hybridized carbons (Fsp3) is 0.800. The summed E-state index contributed by atoms with van der Waals surface area (Å²) in [6.45, 7) is -0.281. The number of amides is 1. The minimum absolute atomic E-state index is 0.234. The molecule has 1 rings (SSSR count). The second kappa shape index (κ2) is 5.25. The van der Waals surface area contributed by atoms with Gasteiger partial charge in [-0.05, 0) is 12.8 Å². The van der Waals surface area contributed by atoms with Gasteiger partial charge >= 0.3 is 12.1 Å². The first kappa shape index (κ1) is 14.3. The number of hydrogen-bond acceptors (Lipinski definition) is 2. The number of rotatable bonds is 4. The van der Waals surface area contributed by atoms with Crippen LogP contribution in [0.2, 0.25) is 0 Å². The van der Waals surface area contributed by atoms with E-state index >= 15 is 0 Å². The molecular formula is C10H13ClF3NO2. The van der Waals surface area contributed by atoms with E-state index in [-0.39, 0.29) is 18.2 Å². The Labute approximate surface area is 102 Å². The molecule has 0 aromatic carbocycles. The van der Waals surface area contributed by atoms with E-state index in [1.807, 2.05) is 0 Å². The van der Waals surface area contributed by atoms with Crippen LogP contribution in [0, 0.1) is 5.41 Å². The summed E-state index contributed by atoms with van der Waals surface area (Å²) in [6.07, 6.45) is -2.41. The third-order valence-corrected chi connectivity index (χ3v) is 3.36. The van der Waals surface area contributed by atoms with E-state index in [1.54, 1.807) is 5.32 Å². The molecule has 98 valence electrons. The highest BCUT2D eigenvalue weighted by molar-refractivity contribution is 6.28. The fourth-order valence-electron chi connectivity index (χ4n) is 2.10. The predicted octanol–water partition coefficient (Wildman–Crippen LogP) is 2.03. The topological polar surface area (TPSA) is 46.2 Å². The van der Waals surface area contributed by atoms with Crippen LogP contribution in [0.25, 0.3) is 0 Å². The first-order valence-electron chi connectivity index (χ1n) is 5.26. The Balaban J connectivity index is 2.63. The largest absolute Gasteiger partial charge is 0.471 e. The van der Waals surface area contributed by atoms with E-state index in [2.05, 4.69) is 0 Å². The number of carbonyl (C=O) groups is 2. The molecular weight excluding hydrogens is 259 g/mol. The second-order valence-electron chi connectivity index (χ2n) is 4.22. The van der Waals surface area contributed by atoms with Gasteiger partial charge in [0.15, 0.2) is 5.78 Å². The van der Waals surface area contributed by atoms with Crippen LogP contribution in [0.5, 0.6) is 0 Å². The van der Waals surface area contributed by atoms with Crippen molar-refractivity contribution in [2.75, 3.05) is 12.4 Å². The quantitative estimate of drug-likeness (QED) is 0.796. The Hall–Kier alpha value is -0.780. The van der Waals surface area contributed by atoms with Crippen LogP contribution in [0.4, 0.5) is 13.2 Å². The number of hydrogen-bond donors (Lipinski definition) is 1. The van der Waals surface area contributed by atoms with Crippen LogP contribution in [-0.4, -0.2) is 30.3 Å². The number of carbonyl (C=O) groups excluding carboxylic acids is 2.